The molecule has 0 radical (unpaired) electrons. The molecule has 0 unspecified atom stereocenters. The number of hydrogen-bond acceptors (Lipinski definition) is 6. The van der Waals surface area contributed by atoms with Gasteiger partial charge in [-0.05, 0) is 26.7 Å². The SMILES string of the molecule is CC(C)(C(=O)N1CC2(CCCN(C(=O)CCn3ccnn3)C2)C1)c1ncn[nH]1. The molecule has 4 heterocycles. The fourth-order valence-electron chi connectivity index (χ4n) is 4.31. The summed E-state index contributed by atoms with van der Waals surface area (Å²) < 4.78 is 1.67. The molecule has 0 atom stereocenters. The number of carbonyl (C=O) groups is 2. The molecule has 0 aromatic carbocycles. The Hall–Kier alpha value is -2.78. The van der Waals surface area contributed by atoms with Gasteiger partial charge in [0.25, 0.3) is 0 Å². The molecule has 150 valence electrons. The quantitative estimate of drug-likeness (QED) is 0.786. The van der Waals surface area contributed by atoms with Crippen molar-refractivity contribution < 1.29 is 9.59 Å². The molecule has 2 fully saturated rings. The van der Waals surface area contributed by atoms with Crippen LogP contribution in [0.1, 0.15) is 38.9 Å². The minimum Gasteiger partial charge on any atom is -0.342 e. The monoisotopic (exact) mass is 386 g/mol. The van der Waals surface area contributed by atoms with E-state index in [1.165, 1.54) is 6.33 Å². The first-order valence-corrected chi connectivity index (χ1v) is 9.67. The lowest BCUT2D eigenvalue weighted by molar-refractivity contribution is -0.156. The number of aromatic amines is 1. The Morgan fingerprint density at radius 2 is 2.04 bits per heavy atom. The molecule has 2 aromatic heterocycles. The van der Waals surface area contributed by atoms with Crippen LogP contribution in [0.5, 0.6) is 0 Å². The van der Waals surface area contributed by atoms with Crippen molar-refractivity contribution in [2.75, 3.05) is 26.2 Å². The van der Waals surface area contributed by atoms with E-state index in [4.69, 9.17) is 0 Å². The zero-order chi connectivity index (χ0) is 19.8. The lowest BCUT2D eigenvalue weighted by Gasteiger charge is -2.55. The number of aryl methyl sites for hydroxylation is 1. The van der Waals surface area contributed by atoms with E-state index in [9.17, 15) is 9.59 Å². The van der Waals surface area contributed by atoms with E-state index in [0.29, 0.717) is 31.9 Å². The van der Waals surface area contributed by atoms with E-state index in [1.54, 1.807) is 17.1 Å². The summed E-state index contributed by atoms with van der Waals surface area (Å²) in [6, 6.07) is 0. The van der Waals surface area contributed by atoms with Crippen molar-refractivity contribution >= 4 is 11.8 Å². The molecule has 2 aliphatic rings. The summed E-state index contributed by atoms with van der Waals surface area (Å²) in [5.41, 5.74) is -0.714. The lowest BCUT2D eigenvalue weighted by atomic mass is 9.72. The Labute approximate surface area is 163 Å². The fraction of sp³-hybridized carbons (Fsp3) is 0.667. The van der Waals surface area contributed by atoms with E-state index in [2.05, 4.69) is 25.5 Å². The molecule has 2 aliphatic heterocycles. The van der Waals surface area contributed by atoms with E-state index < -0.39 is 5.41 Å². The molecule has 2 saturated heterocycles. The van der Waals surface area contributed by atoms with E-state index >= 15 is 0 Å². The van der Waals surface area contributed by atoms with Crippen molar-refractivity contribution in [2.24, 2.45) is 5.41 Å². The maximum absolute atomic E-state index is 13.0. The highest BCUT2D eigenvalue weighted by atomic mass is 16.2. The van der Waals surface area contributed by atoms with Gasteiger partial charge in [0.2, 0.25) is 11.8 Å². The van der Waals surface area contributed by atoms with Crippen LogP contribution in [0.15, 0.2) is 18.7 Å². The minimum absolute atomic E-state index is 0.0221. The largest absolute Gasteiger partial charge is 0.342 e. The van der Waals surface area contributed by atoms with Crippen LogP contribution >= 0.6 is 0 Å². The van der Waals surface area contributed by atoms with E-state index in [1.807, 2.05) is 23.6 Å². The van der Waals surface area contributed by atoms with Crippen LogP contribution in [-0.4, -0.2) is 78.0 Å². The number of piperidine rings is 1. The second kappa shape index (κ2) is 6.99. The maximum atomic E-state index is 13.0. The van der Waals surface area contributed by atoms with Crippen LogP contribution in [0.2, 0.25) is 0 Å². The zero-order valence-corrected chi connectivity index (χ0v) is 16.3. The topological polar surface area (TPSA) is 113 Å². The van der Waals surface area contributed by atoms with Crippen molar-refractivity contribution in [2.45, 2.75) is 45.1 Å². The maximum Gasteiger partial charge on any atom is 0.235 e. The second-order valence-corrected chi connectivity index (χ2v) is 8.46. The first-order valence-electron chi connectivity index (χ1n) is 9.67. The highest BCUT2D eigenvalue weighted by molar-refractivity contribution is 5.87. The summed E-state index contributed by atoms with van der Waals surface area (Å²) in [6.07, 6.45) is 7.23. The smallest absolute Gasteiger partial charge is 0.235 e. The Kier molecular flexibility index (Phi) is 4.64. The third-order valence-corrected chi connectivity index (χ3v) is 5.92. The normalized spacial score (nSPS) is 18.9. The molecule has 28 heavy (non-hydrogen) atoms. The van der Waals surface area contributed by atoms with Gasteiger partial charge in [-0.2, -0.15) is 5.10 Å². The van der Waals surface area contributed by atoms with Gasteiger partial charge in [0.15, 0.2) is 0 Å². The van der Waals surface area contributed by atoms with Crippen LogP contribution in [0, 0.1) is 5.41 Å². The molecule has 4 rings (SSSR count). The van der Waals surface area contributed by atoms with Crippen LogP contribution in [0.25, 0.3) is 0 Å². The molecule has 10 nitrogen and oxygen atoms in total. The number of aromatic nitrogens is 6. The zero-order valence-electron chi connectivity index (χ0n) is 16.3. The van der Waals surface area contributed by atoms with Gasteiger partial charge >= 0.3 is 0 Å². The van der Waals surface area contributed by atoms with Crippen molar-refractivity contribution in [1.82, 2.24) is 40.0 Å². The molecule has 1 N–H and O–H groups in total. The Morgan fingerprint density at radius 3 is 2.71 bits per heavy atom. The molecule has 0 bridgehead atoms. The van der Waals surface area contributed by atoms with Gasteiger partial charge in [0.1, 0.15) is 17.6 Å². The summed E-state index contributed by atoms with van der Waals surface area (Å²) in [7, 11) is 0. The number of nitrogens with zero attached hydrogens (tertiary/aromatic N) is 7. The first kappa shape index (κ1) is 18.6. The molecular formula is C18H26N8O2. The molecule has 0 aliphatic carbocycles. The number of carbonyl (C=O) groups excluding carboxylic acids is 2. The molecule has 10 heteroatoms. The van der Waals surface area contributed by atoms with Crippen molar-refractivity contribution in [3.8, 4) is 0 Å². The minimum atomic E-state index is -0.736. The third-order valence-electron chi connectivity index (χ3n) is 5.92. The predicted octanol–water partition coefficient (Wildman–Crippen LogP) is 0.215. The number of rotatable bonds is 5. The summed E-state index contributed by atoms with van der Waals surface area (Å²) in [4.78, 5) is 33.6. The Bertz CT molecular complexity index is 824. The van der Waals surface area contributed by atoms with Gasteiger partial charge < -0.3 is 9.80 Å². The first-order chi connectivity index (χ1) is 13.4. The lowest BCUT2D eigenvalue weighted by Crippen LogP contribution is -2.66. The number of nitrogens with one attached hydrogen (secondary N) is 1. The third kappa shape index (κ3) is 3.38. The van der Waals surface area contributed by atoms with Gasteiger partial charge in [0, 0.05) is 44.2 Å². The number of amides is 2. The van der Waals surface area contributed by atoms with Crippen molar-refractivity contribution in [3.63, 3.8) is 0 Å². The predicted molar refractivity (Wildman–Crippen MR) is 98.9 cm³/mol. The Morgan fingerprint density at radius 1 is 1.25 bits per heavy atom. The van der Waals surface area contributed by atoms with Crippen LogP contribution in [-0.2, 0) is 21.5 Å². The summed E-state index contributed by atoms with van der Waals surface area (Å²) in [6.45, 7) is 7.15. The summed E-state index contributed by atoms with van der Waals surface area (Å²) in [5.74, 6) is 0.762. The molecular weight excluding hydrogens is 360 g/mol. The Balaban J connectivity index is 1.33. The van der Waals surface area contributed by atoms with Crippen molar-refractivity contribution in [1.29, 1.82) is 0 Å². The summed E-state index contributed by atoms with van der Waals surface area (Å²) >= 11 is 0. The van der Waals surface area contributed by atoms with Crippen LogP contribution in [0.4, 0.5) is 0 Å². The number of likely N-dealkylation sites (tertiary alicyclic amines) is 2. The average Bonchev–Trinajstić information content (AvgIpc) is 3.37. The van der Waals surface area contributed by atoms with Gasteiger partial charge in [-0.3, -0.25) is 19.4 Å². The van der Waals surface area contributed by atoms with Gasteiger partial charge in [-0.1, -0.05) is 5.21 Å². The number of H-pyrrole nitrogens is 1. The fourth-order valence-corrected chi connectivity index (χ4v) is 4.31. The molecule has 0 saturated carbocycles. The standard InChI is InChI=1S/C18H26N8O2/c1-17(2,15-19-13-21-22-15)16(28)25-11-18(12-25)5-3-7-24(10-18)14(27)4-8-26-9-6-20-23-26/h6,9,13H,3-5,7-8,10-12H2,1-2H3,(H,19,21,22). The average molecular weight is 386 g/mol. The van der Waals surface area contributed by atoms with E-state index in [0.717, 1.165) is 25.9 Å². The van der Waals surface area contributed by atoms with Crippen molar-refractivity contribution in [3.05, 3.63) is 24.5 Å². The number of hydrogen-bond donors (Lipinski definition) is 1. The van der Waals surface area contributed by atoms with Gasteiger partial charge in [-0.15, -0.1) is 5.10 Å². The molecule has 2 aromatic rings. The van der Waals surface area contributed by atoms with Crippen LogP contribution in [0.3, 0.4) is 0 Å². The highest BCUT2D eigenvalue weighted by Crippen LogP contribution is 2.41. The van der Waals surface area contributed by atoms with Gasteiger partial charge in [-0.25, -0.2) is 4.98 Å². The van der Waals surface area contributed by atoms with E-state index in [-0.39, 0.29) is 17.2 Å². The highest BCUT2D eigenvalue weighted by Gasteiger charge is 2.51. The van der Waals surface area contributed by atoms with Gasteiger partial charge in [0.05, 0.1) is 12.7 Å². The molecule has 1 spiro atoms. The summed E-state index contributed by atoms with van der Waals surface area (Å²) in [5, 5.41) is 14.3. The van der Waals surface area contributed by atoms with Crippen LogP contribution < -0.4 is 0 Å². The second-order valence-electron chi connectivity index (χ2n) is 8.46. The molecule has 2 amide bonds.